The summed E-state index contributed by atoms with van der Waals surface area (Å²) in [5, 5.41) is 0.156. The Morgan fingerprint density at radius 1 is 1.50 bits per heavy atom. The van der Waals surface area contributed by atoms with Gasteiger partial charge in [-0.1, -0.05) is 19.9 Å². The van der Waals surface area contributed by atoms with Crippen molar-refractivity contribution in [2.45, 2.75) is 32.1 Å². The van der Waals surface area contributed by atoms with Crippen molar-refractivity contribution in [3.63, 3.8) is 0 Å². The minimum atomic E-state index is 0.156. The first-order chi connectivity index (χ1) is 6.57. The van der Waals surface area contributed by atoms with Gasteiger partial charge in [0.15, 0.2) is 0 Å². The zero-order valence-electron chi connectivity index (χ0n) is 8.59. The SMILES string of the molecule is CC1(C)CC(c2ccoc2)=CC(Cl)C1. The summed E-state index contributed by atoms with van der Waals surface area (Å²) in [5.74, 6) is 0. The molecular weight excluding hydrogens is 196 g/mol. The van der Waals surface area contributed by atoms with Crippen LogP contribution in [0.25, 0.3) is 5.57 Å². The summed E-state index contributed by atoms with van der Waals surface area (Å²) in [7, 11) is 0. The topological polar surface area (TPSA) is 13.1 Å². The second-order valence-corrected chi connectivity index (χ2v) is 5.33. The fourth-order valence-corrected chi connectivity index (χ4v) is 2.67. The van der Waals surface area contributed by atoms with Gasteiger partial charge in [0.05, 0.1) is 17.9 Å². The van der Waals surface area contributed by atoms with E-state index in [1.165, 1.54) is 11.1 Å². The Labute approximate surface area is 89.8 Å². The van der Waals surface area contributed by atoms with Crippen molar-refractivity contribution < 1.29 is 4.42 Å². The lowest BCUT2D eigenvalue weighted by Crippen LogP contribution is -2.21. The fraction of sp³-hybridized carbons (Fsp3) is 0.500. The van der Waals surface area contributed by atoms with Crippen molar-refractivity contribution >= 4 is 17.2 Å². The van der Waals surface area contributed by atoms with Crippen LogP contribution in [0.4, 0.5) is 0 Å². The van der Waals surface area contributed by atoms with E-state index in [2.05, 4.69) is 19.9 Å². The molecule has 76 valence electrons. The van der Waals surface area contributed by atoms with Crippen molar-refractivity contribution in [3.8, 4) is 0 Å². The molecule has 0 N–H and O–H groups in total. The first-order valence-electron chi connectivity index (χ1n) is 4.94. The van der Waals surface area contributed by atoms with Crippen molar-refractivity contribution in [2.75, 3.05) is 0 Å². The van der Waals surface area contributed by atoms with Gasteiger partial charge in [0.1, 0.15) is 0 Å². The smallest absolute Gasteiger partial charge is 0.0977 e. The van der Waals surface area contributed by atoms with E-state index in [-0.39, 0.29) is 5.38 Å². The molecule has 1 heterocycles. The van der Waals surface area contributed by atoms with Gasteiger partial charge in [-0.3, -0.25) is 0 Å². The summed E-state index contributed by atoms with van der Waals surface area (Å²) < 4.78 is 5.09. The molecule has 0 bridgehead atoms. The van der Waals surface area contributed by atoms with E-state index in [9.17, 15) is 0 Å². The van der Waals surface area contributed by atoms with Crippen LogP contribution in [-0.4, -0.2) is 5.38 Å². The highest BCUT2D eigenvalue weighted by Crippen LogP contribution is 2.41. The molecule has 0 aliphatic heterocycles. The third-order valence-corrected chi connectivity index (χ3v) is 2.97. The van der Waals surface area contributed by atoms with E-state index in [1.807, 2.05) is 6.07 Å². The Balaban J connectivity index is 2.28. The lowest BCUT2D eigenvalue weighted by atomic mass is 9.76. The summed E-state index contributed by atoms with van der Waals surface area (Å²) in [6.45, 7) is 4.52. The molecule has 0 saturated heterocycles. The maximum atomic E-state index is 6.21. The third-order valence-electron chi connectivity index (χ3n) is 2.69. The predicted molar refractivity (Wildman–Crippen MR) is 59.3 cm³/mol. The highest BCUT2D eigenvalue weighted by atomic mass is 35.5. The van der Waals surface area contributed by atoms with Crippen LogP contribution < -0.4 is 0 Å². The molecule has 0 aromatic carbocycles. The van der Waals surface area contributed by atoms with Crippen LogP contribution >= 0.6 is 11.6 Å². The number of hydrogen-bond acceptors (Lipinski definition) is 1. The lowest BCUT2D eigenvalue weighted by Gasteiger charge is -2.32. The van der Waals surface area contributed by atoms with Crippen LogP contribution in [0.2, 0.25) is 0 Å². The molecule has 14 heavy (non-hydrogen) atoms. The second kappa shape index (κ2) is 3.47. The molecule has 1 aliphatic carbocycles. The Morgan fingerprint density at radius 3 is 2.86 bits per heavy atom. The van der Waals surface area contributed by atoms with E-state index >= 15 is 0 Å². The summed E-state index contributed by atoms with van der Waals surface area (Å²) in [6.07, 6.45) is 7.78. The maximum Gasteiger partial charge on any atom is 0.0977 e. The zero-order valence-corrected chi connectivity index (χ0v) is 9.34. The van der Waals surface area contributed by atoms with Crippen molar-refractivity contribution in [1.29, 1.82) is 0 Å². The average molecular weight is 211 g/mol. The molecule has 1 aliphatic rings. The Kier molecular flexibility index (Phi) is 2.44. The highest BCUT2D eigenvalue weighted by Gasteiger charge is 2.28. The normalized spacial score (nSPS) is 25.9. The van der Waals surface area contributed by atoms with E-state index in [1.54, 1.807) is 12.5 Å². The average Bonchev–Trinajstić information content (AvgIpc) is 2.51. The zero-order chi connectivity index (χ0) is 10.2. The van der Waals surface area contributed by atoms with Gasteiger partial charge in [-0.25, -0.2) is 0 Å². The fourth-order valence-electron chi connectivity index (χ4n) is 2.10. The standard InChI is InChI=1S/C12H15ClO/c1-12(2)6-10(5-11(13)7-12)9-3-4-14-8-9/h3-5,8,11H,6-7H2,1-2H3. The lowest BCUT2D eigenvalue weighted by molar-refractivity contribution is 0.340. The van der Waals surface area contributed by atoms with Crippen LogP contribution in [0.5, 0.6) is 0 Å². The molecule has 0 amide bonds. The van der Waals surface area contributed by atoms with Crippen molar-refractivity contribution in [1.82, 2.24) is 0 Å². The van der Waals surface area contributed by atoms with E-state index in [0.717, 1.165) is 12.8 Å². The highest BCUT2D eigenvalue weighted by molar-refractivity contribution is 6.22. The van der Waals surface area contributed by atoms with Crippen LogP contribution in [0.1, 0.15) is 32.3 Å². The molecule has 0 radical (unpaired) electrons. The van der Waals surface area contributed by atoms with Gasteiger partial charge in [-0.05, 0) is 29.9 Å². The van der Waals surface area contributed by atoms with E-state index in [4.69, 9.17) is 16.0 Å². The summed E-state index contributed by atoms with van der Waals surface area (Å²) in [6, 6.07) is 2.00. The number of hydrogen-bond donors (Lipinski definition) is 0. The van der Waals surface area contributed by atoms with Gasteiger partial charge in [0.25, 0.3) is 0 Å². The maximum absolute atomic E-state index is 6.21. The molecule has 1 atom stereocenters. The number of allylic oxidation sites excluding steroid dienone is 2. The first kappa shape index (κ1) is 9.85. The quantitative estimate of drug-likeness (QED) is 0.637. The summed E-state index contributed by atoms with van der Waals surface area (Å²) >= 11 is 6.21. The molecule has 1 aromatic rings. The molecule has 0 spiro atoms. The van der Waals surface area contributed by atoms with Crippen LogP contribution in [0, 0.1) is 5.41 Å². The minimum absolute atomic E-state index is 0.156. The molecule has 2 rings (SSSR count). The monoisotopic (exact) mass is 210 g/mol. The molecule has 2 heteroatoms. The van der Waals surface area contributed by atoms with Gasteiger partial charge < -0.3 is 4.42 Å². The number of furan rings is 1. The second-order valence-electron chi connectivity index (χ2n) is 4.77. The minimum Gasteiger partial charge on any atom is -0.472 e. The number of alkyl halides is 1. The molecular formula is C12H15ClO. The molecule has 1 unspecified atom stereocenters. The number of rotatable bonds is 1. The largest absolute Gasteiger partial charge is 0.472 e. The van der Waals surface area contributed by atoms with Gasteiger partial charge in [-0.15, -0.1) is 11.6 Å². The summed E-state index contributed by atoms with van der Waals surface area (Å²) in [5.41, 5.74) is 2.78. The van der Waals surface area contributed by atoms with E-state index < -0.39 is 0 Å². The molecule has 0 saturated carbocycles. The Bertz CT molecular complexity index is 335. The van der Waals surface area contributed by atoms with Crippen molar-refractivity contribution in [3.05, 3.63) is 30.2 Å². The molecule has 0 fully saturated rings. The Morgan fingerprint density at radius 2 is 2.29 bits per heavy atom. The van der Waals surface area contributed by atoms with Crippen LogP contribution in [-0.2, 0) is 0 Å². The first-order valence-corrected chi connectivity index (χ1v) is 5.38. The van der Waals surface area contributed by atoms with Crippen molar-refractivity contribution in [2.24, 2.45) is 5.41 Å². The van der Waals surface area contributed by atoms with Crippen LogP contribution in [0.3, 0.4) is 0 Å². The third kappa shape index (κ3) is 2.03. The van der Waals surface area contributed by atoms with Gasteiger partial charge in [-0.2, -0.15) is 0 Å². The Hall–Kier alpha value is -0.690. The molecule has 1 aromatic heterocycles. The summed E-state index contributed by atoms with van der Waals surface area (Å²) in [4.78, 5) is 0. The van der Waals surface area contributed by atoms with Crippen LogP contribution in [0.15, 0.2) is 29.1 Å². The van der Waals surface area contributed by atoms with Gasteiger partial charge in [0, 0.05) is 5.56 Å². The predicted octanol–water partition coefficient (Wildman–Crippen LogP) is 4.09. The number of halogens is 1. The van der Waals surface area contributed by atoms with Gasteiger partial charge in [0.2, 0.25) is 0 Å². The van der Waals surface area contributed by atoms with E-state index in [0.29, 0.717) is 5.41 Å². The molecule has 1 nitrogen and oxygen atoms in total. The van der Waals surface area contributed by atoms with Gasteiger partial charge >= 0.3 is 0 Å².